The fourth-order valence-electron chi connectivity index (χ4n) is 3.44. The summed E-state index contributed by atoms with van der Waals surface area (Å²) in [4.78, 5) is 28.1. The van der Waals surface area contributed by atoms with Crippen LogP contribution >= 0.6 is 0 Å². The minimum absolute atomic E-state index is 0.0127. The van der Waals surface area contributed by atoms with E-state index < -0.39 is 12.0 Å². The van der Waals surface area contributed by atoms with Crippen molar-refractivity contribution >= 4 is 11.9 Å². The highest BCUT2D eigenvalue weighted by Crippen LogP contribution is 2.32. The van der Waals surface area contributed by atoms with E-state index in [0.29, 0.717) is 6.54 Å². The van der Waals surface area contributed by atoms with Crippen molar-refractivity contribution in [2.24, 2.45) is 5.92 Å². The fraction of sp³-hybridized carbons (Fsp3) is 0.500. The maximum Gasteiger partial charge on any atom is 0.331 e. The van der Waals surface area contributed by atoms with Gasteiger partial charge in [0.05, 0.1) is 5.92 Å². The summed E-state index contributed by atoms with van der Waals surface area (Å²) < 4.78 is 0. The van der Waals surface area contributed by atoms with E-state index in [1.807, 2.05) is 31.3 Å². The number of fused-ring (bicyclic) bond motifs is 1. The van der Waals surface area contributed by atoms with E-state index in [9.17, 15) is 14.7 Å². The van der Waals surface area contributed by atoms with Crippen molar-refractivity contribution in [1.29, 1.82) is 0 Å². The first-order valence-corrected chi connectivity index (χ1v) is 7.37. The number of likely N-dealkylation sites (tertiary alicyclic amines) is 1. The van der Waals surface area contributed by atoms with Gasteiger partial charge in [0, 0.05) is 13.1 Å². The SMILES string of the molecule is CN1CCC(C(=O)N2CCc3ccccc3C2C(=O)O)C1. The minimum Gasteiger partial charge on any atom is -0.479 e. The summed E-state index contributed by atoms with van der Waals surface area (Å²) >= 11 is 0. The third-order valence-electron chi connectivity index (χ3n) is 4.54. The Hall–Kier alpha value is -1.88. The molecular formula is C16H20N2O3. The zero-order chi connectivity index (χ0) is 15.0. The molecule has 1 amide bonds. The van der Waals surface area contributed by atoms with Crippen LogP contribution in [-0.2, 0) is 16.0 Å². The third kappa shape index (κ3) is 2.53. The van der Waals surface area contributed by atoms with Gasteiger partial charge in [-0.05, 0) is 37.6 Å². The van der Waals surface area contributed by atoms with Crippen LogP contribution in [0.25, 0.3) is 0 Å². The summed E-state index contributed by atoms with van der Waals surface area (Å²) in [5.41, 5.74) is 1.80. The zero-order valence-corrected chi connectivity index (χ0v) is 12.2. The van der Waals surface area contributed by atoms with Gasteiger partial charge in [0.1, 0.15) is 0 Å². The molecule has 2 atom stereocenters. The van der Waals surface area contributed by atoms with Gasteiger partial charge in [0.15, 0.2) is 6.04 Å². The lowest BCUT2D eigenvalue weighted by Crippen LogP contribution is -2.46. The third-order valence-corrected chi connectivity index (χ3v) is 4.54. The van der Waals surface area contributed by atoms with Crippen LogP contribution in [0.15, 0.2) is 24.3 Å². The van der Waals surface area contributed by atoms with Gasteiger partial charge < -0.3 is 14.9 Å². The highest BCUT2D eigenvalue weighted by atomic mass is 16.4. The first-order valence-electron chi connectivity index (χ1n) is 7.37. The molecule has 112 valence electrons. The Labute approximate surface area is 124 Å². The molecule has 0 aliphatic carbocycles. The second-order valence-corrected chi connectivity index (χ2v) is 5.97. The highest BCUT2D eigenvalue weighted by molar-refractivity contribution is 5.87. The number of benzene rings is 1. The van der Waals surface area contributed by atoms with Gasteiger partial charge in [-0.2, -0.15) is 0 Å². The molecule has 2 aliphatic heterocycles. The summed E-state index contributed by atoms with van der Waals surface area (Å²) in [6.07, 6.45) is 1.55. The van der Waals surface area contributed by atoms with E-state index in [1.165, 1.54) is 0 Å². The van der Waals surface area contributed by atoms with Gasteiger partial charge >= 0.3 is 5.97 Å². The average Bonchev–Trinajstić information content (AvgIpc) is 2.91. The van der Waals surface area contributed by atoms with E-state index in [1.54, 1.807) is 4.90 Å². The van der Waals surface area contributed by atoms with Crippen molar-refractivity contribution in [3.63, 3.8) is 0 Å². The standard InChI is InChI=1S/C16H20N2O3/c1-17-8-6-12(10-17)15(19)18-9-7-11-4-2-3-5-13(11)14(18)16(20)21/h2-5,12,14H,6-10H2,1H3,(H,20,21). The maximum atomic E-state index is 12.7. The number of carbonyl (C=O) groups is 2. The summed E-state index contributed by atoms with van der Waals surface area (Å²) in [7, 11) is 1.99. The van der Waals surface area contributed by atoms with Crippen molar-refractivity contribution in [2.75, 3.05) is 26.7 Å². The molecule has 0 spiro atoms. The van der Waals surface area contributed by atoms with Crippen LogP contribution in [0, 0.1) is 5.92 Å². The number of nitrogens with zero attached hydrogens (tertiary/aromatic N) is 2. The number of carboxylic acid groups (broad SMARTS) is 1. The average molecular weight is 288 g/mol. The number of amides is 1. The second-order valence-electron chi connectivity index (χ2n) is 5.97. The van der Waals surface area contributed by atoms with Gasteiger partial charge in [-0.3, -0.25) is 4.79 Å². The van der Waals surface area contributed by atoms with E-state index in [4.69, 9.17) is 0 Å². The molecule has 1 aromatic carbocycles. The molecule has 5 heteroatoms. The molecule has 2 aliphatic rings. The van der Waals surface area contributed by atoms with E-state index >= 15 is 0 Å². The Bertz CT molecular complexity index is 572. The minimum atomic E-state index is -0.943. The Kier molecular flexibility index (Phi) is 3.68. The molecule has 0 aromatic heterocycles. The van der Waals surface area contributed by atoms with Crippen LogP contribution in [0.1, 0.15) is 23.6 Å². The monoisotopic (exact) mass is 288 g/mol. The zero-order valence-electron chi connectivity index (χ0n) is 12.2. The molecule has 2 unspecified atom stereocenters. The lowest BCUT2D eigenvalue weighted by atomic mass is 9.91. The molecule has 2 heterocycles. The van der Waals surface area contributed by atoms with Gasteiger partial charge in [-0.1, -0.05) is 24.3 Å². The van der Waals surface area contributed by atoms with Crippen LogP contribution in [0.5, 0.6) is 0 Å². The number of carboxylic acids is 1. The fourth-order valence-corrected chi connectivity index (χ4v) is 3.44. The Balaban J connectivity index is 1.89. The topological polar surface area (TPSA) is 60.9 Å². The van der Waals surface area contributed by atoms with Gasteiger partial charge in [0.25, 0.3) is 0 Å². The normalized spacial score (nSPS) is 25.7. The summed E-state index contributed by atoms with van der Waals surface area (Å²) in [5, 5.41) is 9.59. The first-order chi connectivity index (χ1) is 10.1. The largest absolute Gasteiger partial charge is 0.479 e. The van der Waals surface area contributed by atoms with Crippen molar-refractivity contribution in [2.45, 2.75) is 18.9 Å². The van der Waals surface area contributed by atoms with Gasteiger partial charge in [-0.15, -0.1) is 0 Å². The molecule has 1 aromatic rings. The molecule has 5 nitrogen and oxygen atoms in total. The molecule has 3 rings (SSSR count). The molecular weight excluding hydrogens is 268 g/mol. The summed E-state index contributed by atoms with van der Waals surface area (Å²) in [6.45, 7) is 2.12. The molecule has 1 fully saturated rings. The van der Waals surface area contributed by atoms with Crippen molar-refractivity contribution in [3.8, 4) is 0 Å². The highest BCUT2D eigenvalue weighted by Gasteiger charge is 2.39. The molecule has 0 bridgehead atoms. The predicted molar refractivity (Wildman–Crippen MR) is 77.8 cm³/mol. The maximum absolute atomic E-state index is 12.7. The van der Waals surface area contributed by atoms with Crippen molar-refractivity contribution < 1.29 is 14.7 Å². The molecule has 1 saturated heterocycles. The number of carbonyl (C=O) groups excluding carboxylic acids is 1. The number of hydrogen-bond donors (Lipinski definition) is 1. The summed E-state index contributed by atoms with van der Waals surface area (Å²) in [5.74, 6) is -1.02. The van der Waals surface area contributed by atoms with Crippen LogP contribution in [-0.4, -0.2) is 53.5 Å². The van der Waals surface area contributed by atoms with Crippen LogP contribution < -0.4 is 0 Å². The lowest BCUT2D eigenvalue weighted by Gasteiger charge is -2.36. The number of hydrogen-bond acceptors (Lipinski definition) is 3. The van der Waals surface area contributed by atoms with Crippen molar-refractivity contribution in [3.05, 3.63) is 35.4 Å². The Morgan fingerprint density at radius 1 is 1.24 bits per heavy atom. The van der Waals surface area contributed by atoms with Gasteiger partial charge in [-0.25, -0.2) is 4.79 Å². The number of rotatable bonds is 2. The van der Waals surface area contributed by atoms with Crippen LogP contribution in [0.4, 0.5) is 0 Å². The molecule has 1 N–H and O–H groups in total. The smallest absolute Gasteiger partial charge is 0.331 e. The summed E-state index contributed by atoms with van der Waals surface area (Å²) in [6, 6.07) is 6.70. The first kappa shape index (κ1) is 14.1. The van der Waals surface area contributed by atoms with Gasteiger partial charge in [0.2, 0.25) is 5.91 Å². The lowest BCUT2D eigenvalue weighted by molar-refractivity contribution is -0.152. The molecule has 0 radical (unpaired) electrons. The van der Waals surface area contributed by atoms with E-state index in [-0.39, 0.29) is 11.8 Å². The predicted octanol–water partition coefficient (Wildman–Crippen LogP) is 1.15. The van der Waals surface area contributed by atoms with Crippen LogP contribution in [0.3, 0.4) is 0 Å². The van der Waals surface area contributed by atoms with E-state index in [2.05, 4.69) is 4.90 Å². The quantitative estimate of drug-likeness (QED) is 0.887. The molecule has 21 heavy (non-hydrogen) atoms. The Morgan fingerprint density at radius 3 is 2.67 bits per heavy atom. The number of aliphatic carboxylic acids is 1. The molecule has 0 saturated carbocycles. The second kappa shape index (κ2) is 5.48. The van der Waals surface area contributed by atoms with Crippen LogP contribution in [0.2, 0.25) is 0 Å². The Morgan fingerprint density at radius 2 is 2.00 bits per heavy atom. The van der Waals surface area contributed by atoms with E-state index in [0.717, 1.165) is 37.1 Å². The van der Waals surface area contributed by atoms with Crippen molar-refractivity contribution in [1.82, 2.24) is 9.80 Å².